The average molecular weight is 250 g/mol. The van der Waals surface area contributed by atoms with Gasteiger partial charge in [0.1, 0.15) is 0 Å². The molecule has 0 rings (SSSR count). The zero-order valence-corrected chi connectivity index (χ0v) is 10.9. The summed E-state index contributed by atoms with van der Waals surface area (Å²) in [6.45, 7) is 4.92. The van der Waals surface area contributed by atoms with Crippen LogP contribution in [0.1, 0.15) is 39.5 Å². The first-order valence-corrected chi connectivity index (χ1v) is 6.44. The van der Waals surface area contributed by atoms with Gasteiger partial charge in [-0.2, -0.15) is 0 Å². The van der Waals surface area contributed by atoms with Crippen LogP contribution in [-0.4, -0.2) is 22.9 Å². The van der Waals surface area contributed by atoms with Crippen LogP contribution in [0.5, 0.6) is 0 Å². The maximum atomic E-state index is 11.1. The molecule has 0 unspecified atom stereocenters. The van der Waals surface area contributed by atoms with Gasteiger partial charge in [-0.15, -0.1) is 0 Å². The Morgan fingerprint density at radius 2 is 1.93 bits per heavy atom. The Balaban J connectivity index is 3.37. The lowest BCUT2D eigenvalue weighted by Gasteiger charge is -2.04. The maximum absolute atomic E-state index is 11.1. The van der Waals surface area contributed by atoms with E-state index in [0.717, 1.165) is 24.6 Å². The van der Waals surface area contributed by atoms with Crippen molar-refractivity contribution < 1.29 is 14.3 Å². The molecule has 0 amide bonds. The van der Waals surface area contributed by atoms with Gasteiger partial charge in [0.05, 0.1) is 13.2 Å². The first-order valence-electron chi connectivity index (χ1n) is 5.22. The number of rotatable bonds is 6. The van der Waals surface area contributed by atoms with Gasteiger partial charge in [-0.05, 0) is 25.6 Å². The Kier molecular flexibility index (Phi) is 10.0. The highest BCUT2D eigenvalue weighted by Gasteiger charge is 2.08. The van der Waals surface area contributed by atoms with Gasteiger partial charge >= 0.3 is 5.30 Å². The van der Waals surface area contributed by atoms with E-state index in [4.69, 9.17) is 21.7 Å². The molecule has 3 nitrogen and oxygen atoms in total. The van der Waals surface area contributed by atoms with E-state index in [1.54, 1.807) is 0 Å². The fourth-order valence-corrected chi connectivity index (χ4v) is 1.71. The second-order valence-corrected chi connectivity index (χ2v) is 4.48. The van der Waals surface area contributed by atoms with Crippen molar-refractivity contribution in [3.8, 4) is 0 Å². The third-order valence-electron chi connectivity index (χ3n) is 1.65. The van der Waals surface area contributed by atoms with Crippen LogP contribution in [-0.2, 0) is 9.47 Å². The molecular formula is C10H18O3S2. The molecule has 0 spiro atoms. The molecule has 5 heteroatoms. The lowest BCUT2D eigenvalue weighted by Crippen LogP contribution is -2.05. The van der Waals surface area contributed by atoms with Crippen LogP contribution < -0.4 is 0 Å². The summed E-state index contributed by atoms with van der Waals surface area (Å²) in [6, 6.07) is 0. The van der Waals surface area contributed by atoms with Crippen molar-refractivity contribution in [2.75, 3.05) is 13.2 Å². The zero-order valence-electron chi connectivity index (χ0n) is 9.28. The van der Waals surface area contributed by atoms with Crippen molar-refractivity contribution in [3.05, 3.63) is 0 Å². The molecule has 88 valence electrons. The molecule has 0 saturated heterocycles. The van der Waals surface area contributed by atoms with Gasteiger partial charge < -0.3 is 9.47 Å². The lowest BCUT2D eigenvalue weighted by atomic mass is 10.2. The summed E-state index contributed by atoms with van der Waals surface area (Å²) in [5.74, 6) is 0. The van der Waals surface area contributed by atoms with E-state index in [0.29, 0.717) is 13.2 Å². The third-order valence-corrected chi connectivity index (χ3v) is 2.58. The summed E-state index contributed by atoms with van der Waals surface area (Å²) in [4.78, 5) is 11.1. The number of unbranched alkanes of at least 4 members (excludes halogenated alkanes) is 3. The van der Waals surface area contributed by atoms with Crippen LogP contribution in [0.25, 0.3) is 0 Å². The predicted octanol–water partition coefficient (Wildman–Crippen LogP) is 3.76. The highest BCUT2D eigenvalue weighted by Crippen LogP contribution is 2.10. The summed E-state index contributed by atoms with van der Waals surface area (Å²) in [5.41, 5.74) is 0. The van der Waals surface area contributed by atoms with E-state index in [9.17, 15) is 4.79 Å². The van der Waals surface area contributed by atoms with Crippen molar-refractivity contribution in [2.45, 2.75) is 39.5 Å². The number of carbonyl (C=O) groups excluding carboxylic acids is 1. The van der Waals surface area contributed by atoms with Gasteiger partial charge in [0.15, 0.2) is 0 Å². The van der Waals surface area contributed by atoms with E-state index >= 15 is 0 Å². The second-order valence-electron chi connectivity index (χ2n) is 2.94. The fourth-order valence-electron chi connectivity index (χ4n) is 0.929. The third kappa shape index (κ3) is 10.0. The molecule has 0 bridgehead atoms. The summed E-state index contributed by atoms with van der Waals surface area (Å²) >= 11 is 5.63. The van der Waals surface area contributed by atoms with Crippen molar-refractivity contribution in [1.29, 1.82) is 0 Å². The second kappa shape index (κ2) is 10.2. The van der Waals surface area contributed by atoms with E-state index in [1.165, 1.54) is 12.8 Å². The van der Waals surface area contributed by atoms with Gasteiger partial charge in [-0.1, -0.05) is 26.2 Å². The molecule has 0 saturated carbocycles. The largest absolute Gasteiger partial charge is 0.478 e. The molecule has 0 N–H and O–H groups in total. The van der Waals surface area contributed by atoms with E-state index in [1.807, 2.05) is 6.92 Å². The Morgan fingerprint density at radius 3 is 2.53 bits per heavy atom. The lowest BCUT2D eigenvalue weighted by molar-refractivity contribution is 0.172. The van der Waals surface area contributed by atoms with Crippen molar-refractivity contribution in [1.82, 2.24) is 0 Å². The number of carbonyl (C=O) groups is 1. The average Bonchev–Trinajstić information content (AvgIpc) is 2.17. The zero-order chi connectivity index (χ0) is 11.5. The number of hydrogen-bond acceptors (Lipinski definition) is 5. The van der Waals surface area contributed by atoms with Gasteiger partial charge in [-0.3, -0.25) is 0 Å². The van der Waals surface area contributed by atoms with Crippen molar-refractivity contribution >= 4 is 33.7 Å². The number of thiocarbonyl (C=S) groups is 1. The van der Waals surface area contributed by atoms with Gasteiger partial charge in [-0.25, -0.2) is 4.79 Å². The first-order chi connectivity index (χ1) is 7.20. The minimum absolute atomic E-state index is 0.232. The Morgan fingerprint density at radius 1 is 1.20 bits per heavy atom. The monoisotopic (exact) mass is 250 g/mol. The summed E-state index contributed by atoms with van der Waals surface area (Å²) in [7, 11) is 0. The van der Waals surface area contributed by atoms with Crippen molar-refractivity contribution in [3.63, 3.8) is 0 Å². The summed E-state index contributed by atoms with van der Waals surface area (Å²) in [5, 5.41) is -0.370. The number of ether oxygens (including phenoxy) is 2. The minimum Gasteiger partial charge on any atom is -0.478 e. The first kappa shape index (κ1) is 14.7. The molecule has 0 aliphatic heterocycles. The molecular weight excluding hydrogens is 232 g/mol. The molecule has 0 radical (unpaired) electrons. The number of thioether (sulfide) groups is 1. The molecule has 0 atom stereocenters. The molecule has 0 aromatic rings. The van der Waals surface area contributed by atoms with Crippen LogP contribution in [0.3, 0.4) is 0 Å². The standard InChI is InChI=1S/C10H18O3S2/c1-3-5-6-7-8-13-9(11)15-10(14)12-4-2/h3-8H2,1-2H3. The van der Waals surface area contributed by atoms with Crippen molar-refractivity contribution in [2.24, 2.45) is 0 Å². The quantitative estimate of drug-likeness (QED) is 0.407. The Labute approximate surface area is 101 Å². The topological polar surface area (TPSA) is 35.5 Å². The summed E-state index contributed by atoms with van der Waals surface area (Å²) in [6.07, 6.45) is 4.38. The SMILES string of the molecule is CCCCCCOC(=O)SC(=S)OCC. The van der Waals surface area contributed by atoms with Gasteiger partial charge in [0.25, 0.3) is 0 Å². The maximum Gasteiger partial charge on any atom is 0.375 e. The molecule has 0 heterocycles. The highest BCUT2D eigenvalue weighted by molar-refractivity contribution is 8.32. The van der Waals surface area contributed by atoms with Crippen LogP contribution in [0.2, 0.25) is 0 Å². The molecule has 15 heavy (non-hydrogen) atoms. The van der Waals surface area contributed by atoms with Crippen LogP contribution in [0.15, 0.2) is 0 Å². The van der Waals surface area contributed by atoms with Crippen LogP contribution >= 0.6 is 24.0 Å². The van der Waals surface area contributed by atoms with Gasteiger partial charge in [0, 0.05) is 11.8 Å². The van der Waals surface area contributed by atoms with Crippen LogP contribution in [0.4, 0.5) is 4.79 Å². The van der Waals surface area contributed by atoms with Gasteiger partial charge in [0.2, 0.25) is 4.38 Å². The van der Waals surface area contributed by atoms with E-state index in [-0.39, 0.29) is 9.68 Å². The van der Waals surface area contributed by atoms with E-state index < -0.39 is 0 Å². The summed E-state index contributed by atoms with van der Waals surface area (Å²) < 4.78 is 10.1. The fraction of sp³-hybridized carbons (Fsp3) is 0.800. The van der Waals surface area contributed by atoms with E-state index in [2.05, 4.69) is 6.92 Å². The Bertz CT molecular complexity index is 195. The Hall–Kier alpha value is -0.290. The molecule has 0 aliphatic rings. The smallest absolute Gasteiger partial charge is 0.375 e. The minimum atomic E-state index is -0.370. The van der Waals surface area contributed by atoms with Crippen LogP contribution in [0, 0.1) is 0 Å². The molecule has 0 aliphatic carbocycles. The number of hydrogen-bond donors (Lipinski definition) is 0. The predicted molar refractivity (Wildman–Crippen MR) is 67.3 cm³/mol. The molecule has 0 aromatic carbocycles. The normalized spacial score (nSPS) is 9.73. The molecule has 0 fully saturated rings. The highest BCUT2D eigenvalue weighted by atomic mass is 32.2. The molecule has 0 aromatic heterocycles.